The van der Waals surface area contributed by atoms with Crippen LogP contribution in [0.5, 0.6) is 17.2 Å². The van der Waals surface area contributed by atoms with Gasteiger partial charge in [0, 0.05) is 16.2 Å². The van der Waals surface area contributed by atoms with Gasteiger partial charge >= 0.3 is 0 Å². The number of amides is 1. The Balaban J connectivity index is 1.74. The molecule has 3 aromatic carbocycles. The summed E-state index contributed by atoms with van der Waals surface area (Å²) in [5, 5.41) is 19.3. The molecule has 0 radical (unpaired) electrons. The third-order valence-corrected chi connectivity index (χ3v) is 5.87. The van der Waals surface area contributed by atoms with Crippen LogP contribution in [0.2, 0.25) is 0 Å². The van der Waals surface area contributed by atoms with E-state index in [2.05, 4.69) is 0 Å². The lowest BCUT2D eigenvalue weighted by molar-refractivity contribution is -0.124. The lowest BCUT2D eigenvalue weighted by Gasteiger charge is -2.10. The minimum Gasteiger partial charge on any atom is -0.508 e. The summed E-state index contributed by atoms with van der Waals surface area (Å²) in [6.45, 7) is 1.84. The van der Waals surface area contributed by atoms with E-state index in [1.807, 2.05) is 6.92 Å². The number of benzene rings is 3. The standard InChI is InChI=1S/C24H18FNO4S/c1-14-12-16(25)5-9-19(14)24-23(20-10-6-17(27)13-21(20)31-24)30-18-7-2-15(3-8-18)4-11-22(28)26-29/h2-13,27,29H,1H3,(H,26,28)/b11-4+. The zero-order valence-corrected chi connectivity index (χ0v) is 17.2. The first-order chi connectivity index (χ1) is 14.9. The summed E-state index contributed by atoms with van der Waals surface area (Å²) >= 11 is 1.46. The molecule has 5 nitrogen and oxygen atoms in total. The average Bonchev–Trinajstić information content (AvgIpc) is 3.10. The van der Waals surface area contributed by atoms with Crippen molar-refractivity contribution in [3.63, 3.8) is 0 Å². The molecule has 0 saturated carbocycles. The number of thiophene rings is 1. The summed E-state index contributed by atoms with van der Waals surface area (Å²) in [7, 11) is 0. The molecule has 31 heavy (non-hydrogen) atoms. The van der Waals surface area contributed by atoms with E-state index < -0.39 is 5.91 Å². The van der Waals surface area contributed by atoms with Crippen molar-refractivity contribution in [2.24, 2.45) is 0 Å². The number of fused-ring (bicyclic) bond motifs is 1. The maximum absolute atomic E-state index is 13.6. The Bertz CT molecular complexity index is 1300. The molecule has 0 spiro atoms. The lowest BCUT2D eigenvalue weighted by atomic mass is 10.1. The molecule has 3 N–H and O–H groups in total. The van der Waals surface area contributed by atoms with E-state index in [0.717, 1.165) is 31.7 Å². The second-order valence-electron chi connectivity index (χ2n) is 6.88. The number of carbonyl (C=O) groups excluding carboxylic acids is 1. The Morgan fingerprint density at radius 3 is 2.58 bits per heavy atom. The van der Waals surface area contributed by atoms with Crippen molar-refractivity contribution < 1.29 is 24.2 Å². The quantitative estimate of drug-likeness (QED) is 0.203. The number of nitrogens with one attached hydrogen (secondary N) is 1. The molecule has 1 heterocycles. The molecule has 0 aliphatic carbocycles. The van der Waals surface area contributed by atoms with E-state index in [9.17, 15) is 14.3 Å². The number of hydrogen-bond acceptors (Lipinski definition) is 5. The van der Waals surface area contributed by atoms with Gasteiger partial charge in [-0.3, -0.25) is 10.0 Å². The van der Waals surface area contributed by atoms with Crippen LogP contribution in [-0.2, 0) is 4.79 Å². The van der Waals surface area contributed by atoms with Crippen molar-refractivity contribution in [1.82, 2.24) is 5.48 Å². The van der Waals surface area contributed by atoms with Gasteiger partial charge in [-0.1, -0.05) is 18.2 Å². The van der Waals surface area contributed by atoms with Gasteiger partial charge in [-0.2, -0.15) is 0 Å². The zero-order chi connectivity index (χ0) is 22.0. The molecule has 156 valence electrons. The van der Waals surface area contributed by atoms with Gasteiger partial charge in [-0.25, -0.2) is 9.87 Å². The molecule has 0 atom stereocenters. The molecule has 0 unspecified atom stereocenters. The number of hydrogen-bond donors (Lipinski definition) is 3. The number of halogens is 1. The van der Waals surface area contributed by atoms with Crippen LogP contribution in [0.4, 0.5) is 4.39 Å². The molecule has 1 amide bonds. The lowest BCUT2D eigenvalue weighted by Crippen LogP contribution is -2.14. The summed E-state index contributed by atoms with van der Waals surface area (Å²) in [5.74, 6) is 0.439. The number of rotatable bonds is 5. The smallest absolute Gasteiger partial charge is 0.267 e. The van der Waals surface area contributed by atoms with Gasteiger partial charge in [-0.15, -0.1) is 11.3 Å². The van der Waals surface area contributed by atoms with Crippen LogP contribution in [0.25, 0.3) is 26.6 Å². The van der Waals surface area contributed by atoms with Gasteiger partial charge in [0.05, 0.1) is 4.88 Å². The minimum atomic E-state index is -0.618. The van der Waals surface area contributed by atoms with E-state index in [0.29, 0.717) is 11.5 Å². The van der Waals surface area contributed by atoms with Crippen LogP contribution in [0.3, 0.4) is 0 Å². The number of phenols is 1. The fraction of sp³-hybridized carbons (Fsp3) is 0.0417. The van der Waals surface area contributed by atoms with Crippen molar-refractivity contribution in [3.8, 4) is 27.7 Å². The minimum absolute atomic E-state index is 0.158. The van der Waals surface area contributed by atoms with Gasteiger partial charge < -0.3 is 9.84 Å². The molecule has 0 fully saturated rings. The number of aryl methyl sites for hydroxylation is 1. The molecule has 0 saturated heterocycles. The van der Waals surface area contributed by atoms with Crippen molar-refractivity contribution in [2.45, 2.75) is 6.92 Å². The van der Waals surface area contributed by atoms with Gasteiger partial charge in [0.25, 0.3) is 5.91 Å². The molecular weight excluding hydrogens is 417 g/mol. The van der Waals surface area contributed by atoms with Crippen molar-refractivity contribution in [2.75, 3.05) is 0 Å². The van der Waals surface area contributed by atoms with Crippen LogP contribution >= 0.6 is 11.3 Å². The molecule has 4 aromatic rings. The van der Waals surface area contributed by atoms with Gasteiger partial charge in [-0.05, 0) is 72.2 Å². The normalized spacial score (nSPS) is 11.2. The maximum atomic E-state index is 13.6. The highest BCUT2D eigenvalue weighted by atomic mass is 32.1. The largest absolute Gasteiger partial charge is 0.508 e. The second-order valence-corrected chi connectivity index (χ2v) is 7.93. The number of ether oxygens (including phenoxy) is 1. The summed E-state index contributed by atoms with van der Waals surface area (Å²) in [5.41, 5.74) is 3.93. The van der Waals surface area contributed by atoms with Crippen LogP contribution < -0.4 is 10.2 Å². The Kier molecular flexibility index (Phi) is 5.70. The van der Waals surface area contributed by atoms with Crippen LogP contribution in [0.1, 0.15) is 11.1 Å². The SMILES string of the molecule is Cc1cc(F)ccc1-c1sc2cc(O)ccc2c1Oc1ccc(/C=C/C(=O)NO)cc1. The highest BCUT2D eigenvalue weighted by Crippen LogP contribution is 2.47. The monoisotopic (exact) mass is 435 g/mol. The summed E-state index contributed by atoms with van der Waals surface area (Å²) < 4.78 is 20.7. The number of carbonyl (C=O) groups is 1. The Hall–Kier alpha value is -3.68. The predicted molar refractivity (Wildman–Crippen MR) is 119 cm³/mol. The summed E-state index contributed by atoms with van der Waals surface area (Å²) in [6.07, 6.45) is 2.77. The molecular formula is C24H18FNO4S. The van der Waals surface area contributed by atoms with Gasteiger partial charge in [0.2, 0.25) is 0 Å². The third kappa shape index (κ3) is 4.42. The first-order valence-corrected chi connectivity index (χ1v) is 10.2. The van der Waals surface area contributed by atoms with E-state index in [-0.39, 0.29) is 11.6 Å². The van der Waals surface area contributed by atoms with E-state index in [4.69, 9.17) is 9.94 Å². The second kappa shape index (κ2) is 8.59. The predicted octanol–water partition coefficient (Wildman–Crippen LogP) is 6.03. The van der Waals surface area contributed by atoms with Crippen LogP contribution in [0.15, 0.2) is 66.7 Å². The fourth-order valence-electron chi connectivity index (χ4n) is 3.20. The van der Waals surface area contributed by atoms with Crippen LogP contribution in [-0.4, -0.2) is 16.2 Å². The molecule has 0 bridgehead atoms. The topological polar surface area (TPSA) is 78.8 Å². The van der Waals surface area contributed by atoms with E-state index >= 15 is 0 Å². The van der Waals surface area contributed by atoms with Gasteiger partial charge in [0.1, 0.15) is 17.3 Å². The summed E-state index contributed by atoms with van der Waals surface area (Å²) in [4.78, 5) is 12.0. The maximum Gasteiger partial charge on any atom is 0.267 e. The number of aromatic hydroxyl groups is 1. The molecule has 7 heteroatoms. The zero-order valence-electron chi connectivity index (χ0n) is 16.4. The molecule has 4 rings (SSSR count). The summed E-state index contributed by atoms with van der Waals surface area (Å²) in [6, 6.07) is 16.8. The van der Waals surface area contributed by atoms with E-state index in [1.54, 1.807) is 54.6 Å². The number of phenolic OH excluding ortho intramolecular Hbond substituents is 1. The Morgan fingerprint density at radius 2 is 1.87 bits per heavy atom. The highest BCUT2D eigenvalue weighted by molar-refractivity contribution is 7.22. The van der Waals surface area contributed by atoms with Crippen molar-refractivity contribution in [3.05, 3.63) is 83.7 Å². The number of hydroxylamine groups is 1. The Morgan fingerprint density at radius 1 is 1.10 bits per heavy atom. The first-order valence-electron chi connectivity index (χ1n) is 9.36. The first kappa shape index (κ1) is 20.6. The molecule has 0 aliphatic heterocycles. The molecule has 0 aliphatic rings. The van der Waals surface area contributed by atoms with Crippen molar-refractivity contribution >= 4 is 33.4 Å². The van der Waals surface area contributed by atoms with Gasteiger partial charge in [0.15, 0.2) is 5.75 Å². The molecule has 1 aromatic heterocycles. The highest BCUT2D eigenvalue weighted by Gasteiger charge is 2.18. The fourth-order valence-corrected chi connectivity index (χ4v) is 4.45. The average molecular weight is 435 g/mol. The Labute approximate surface area is 181 Å². The van der Waals surface area contributed by atoms with Crippen molar-refractivity contribution in [1.29, 1.82) is 0 Å². The third-order valence-electron chi connectivity index (χ3n) is 4.70. The van der Waals surface area contributed by atoms with Crippen LogP contribution in [0, 0.1) is 12.7 Å². The van der Waals surface area contributed by atoms with E-state index in [1.165, 1.54) is 35.0 Å².